The number of amides is 1. The normalized spacial score (nSPS) is 10.6. The highest BCUT2D eigenvalue weighted by molar-refractivity contribution is 5.92. The summed E-state index contributed by atoms with van der Waals surface area (Å²) in [7, 11) is 3.18. The van der Waals surface area contributed by atoms with Gasteiger partial charge in [0.1, 0.15) is 5.69 Å². The van der Waals surface area contributed by atoms with Crippen molar-refractivity contribution in [3.8, 4) is 22.8 Å². The summed E-state index contributed by atoms with van der Waals surface area (Å²) in [6.45, 7) is 4.91. The molecule has 0 N–H and O–H groups in total. The molecule has 6 heteroatoms. The maximum absolute atomic E-state index is 12.9. The number of hydrogen-bond donors (Lipinski definition) is 0. The number of carbonyl (C=O) groups is 1. The largest absolute Gasteiger partial charge is 0.493 e. The number of nitrogens with zero attached hydrogens (tertiary/aromatic N) is 2. The van der Waals surface area contributed by atoms with Crippen LogP contribution in [0.25, 0.3) is 11.3 Å². The van der Waals surface area contributed by atoms with Gasteiger partial charge in [-0.2, -0.15) is 0 Å². The van der Waals surface area contributed by atoms with E-state index in [1.807, 2.05) is 56.3 Å². The average molecular weight is 380 g/mol. The van der Waals surface area contributed by atoms with Crippen molar-refractivity contribution in [2.75, 3.05) is 20.8 Å². The van der Waals surface area contributed by atoms with E-state index in [1.165, 1.54) is 0 Å². The maximum Gasteiger partial charge on any atom is 0.292 e. The van der Waals surface area contributed by atoms with Gasteiger partial charge in [0.15, 0.2) is 11.5 Å². The van der Waals surface area contributed by atoms with E-state index in [9.17, 15) is 4.79 Å². The van der Waals surface area contributed by atoms with Crippen LogP contribution in [-0.4, -0.2) is 36.7 Å². The first-order valence-electron chi connectivity index (χ1n) is 9.09. The summed E-state index contributed by atoms with van der Waals surface area (Å²) in [5, 5.41) is 4.05. The molecule has 1 aromatic heterocycles. The summed E-state index contributed by atoms with van der Waals surface area (Å²) in [6, 6.07) is 15.2. The fourth-order valence-electron chi connectivity index (χ4n) is 2.92. The molecule has 0 saturated carbocycles. The molecule has 0 spiro atoms. The summed E-state index contributed by atoms with van der Waals surface area (Å²) in [5.74, 6) is 1.30. The van der Waals surface area contributed by atoms with Gasteiger partial charge in [-0.25, -0.2) is 0 Å². The van der Waals surface area contributed by atoms with Crippen LogP contribution < -0.4 is 9.47 Å². The Morgan fingerprint density at radius 1 is 1.04 bits per heavy atom. The Hall–Kier alpha value is -3.28. The lowest BCUT2D eigenvalue weighted by atomic mass is 10.1. The standard InChI is InChI=1S/C22H24N2O4/c1-5-24(14-16-8-11-19(26-3)20(12-16)27-4)22(25)21-13-18(23-28-21)17-9-6-15(2)7-10-17/h6-13H,5,14H2,1-4H3. The fourth-order valence-corrected chi connectivity index (χ4v) is 2.92. The van der Waals surface area contributed by atoms with E-state index >= 15 is 0 Å². The molecule has 0 bridgehead atoms. The number of aromatic nitrogens is 1. The van der Waals surface area contributed by atoms with Crippen LogP contribution in [0.15, 0.2) is 53.1 Å². The molecule has 1 amide bonds. The van der Waals surface area contributed by atoms with Crippen LogP contribution in [0.4, 0.5) is 0 Å². The predicted octanol–water partition coefficient (Wildman–Crippen LogP) is 4.33. The zero-order chi connectivity index (χ0) is 20.1. The molecule has 28 heavy (non-hydrogen) atoms. The number of carbonyl (C=O) groups excluding carboxylic acids is 1. The van der Waals surface area contributed by atoms with E-state index in [1.54, 1.807) is 25.2 Å². The minimum Gasteiger partial charge on any atom is -0.493 e. The van der Waals surface area contributed by atoms with Crippen molar-refractivity contribution in [1.29, 1.82) is 0 Å². The predicted molar refractivity (Wildman–Crippen MR) is 107 cm³/mol. The van der Waals surface area contributed by atoms with Crippen LogP contribution in [0.1, 0.15) is 28.6 Å². The summed E-state index contributed by atoms with van der Waals surface area (Å²) in [6.07, 6.45) is 0. The summed E-state index contributed by atoms with van der Waals surface area (Å²) in [5.41, 5.74) is 3.66. The molecule has 0 fully saturated rings. The smallest absolute Gasteiger partial charge is 0.292 e. The fraction of sp³-hybridized carbons (Fsp3) is 0.273. The number of benzene rings is 2. The van der Waals surface area contributed by atoms with Crippen molar-refractivity contribution in [3.05, 3.63) is 65.4 Å². The van der Waals surface area contributed by atoms with E-state index in [-0.39, 0.29) is 11.7 Å². The van der Waals surface area contributed by atoms with Crippen molar-refractivity contribution in [1.82, 2.24) is 10.1 Å². The summed E-state index contributed by atoms with van der Waals surface area (Å²) < 4.78 is 15.9. The molecule has 0 aliphatic heterocycles. The van der Waals surface area contributed by atoms with Gasteiger partial charge in [-0.1, -0.05) is 41.1 Å². The second kappa shape index (κ2) is 8.61. The van der Waals surface area contributed by atoms with Gasteiger partial charge >= 0.3 is 0 Å². The lowest BCUT2D eigenvalue weighted by Gasteiger charge is -2.20. The Morgan fingerprint density at radius 3 is 2.39 bits per heavy atom. The first-order chi connectivity index (χ1) is 13.5. The van der Waals surface area contributed by atoms with E-state index in [0.717, 1.165) is 16.7 Å². The van der Waals surface area contributed by atoms with Gasteiger partial charge in [-0.15, -0.1) is 0 Å². The van der Waals surface area contributed by atoms with Gasteiger partial charge < -0.3 is 18.9 Å². The highest BCUT2D eigenvalue weighted by atomic mass is 16.5. The molecule has 2 aromatic carbocycles. The third-order valence-electron chi connectivity index (χ3n) is 4.56. The third kappa shape index (κ3) is 4.17. The molecule has 3 aromatic rings. The zero-order valence-electron chi connectivity index (χ0n) is 16.6. The molecule has 0 unspecified atom stereocenters. The van der Waals surface area contributed by atoms with E-state index < -0.39 is 0 Å². The molecule has 6 nitrogen and oxygen atoms in total. The van der Waals surface area contributed by atoms with Crippen molar-refractivity contribution >= 4 is 5.91 Å². The number of ether oxygens (including phenoxy) is 2. The molecular formula is C22H24N2O4. The Kier molecular flexibility index (Phi) is 5.99. The van der Waals surface area contributed by atoms with Crippen LogP contribution in [0.5, 0.6) is 11.5 Å². The van der Waals surface area contributed by atoms with E-state index in [0.29, 0.717) is 30.3 Å². The van der Waals surface area contributed by atoms with Gasteiger partial charge in [-0.05, 0) is 31.5 Å². The van der Waals surface area contributed by atoms with Crippen LogP contribution in [0, 0.1) is 6.92 Å². The summed E-state index contributed by atoms with van der Waals surface area (Å²) in [4.78, 5) is 14.6. The quantitative estimate of drug-likeness (QED) is 0.610. The Bertz CT molecular complexity index is 947. The monoisotopic (exact) mass is 380 g/mol. The van der Waals surface area contributed by atoms with Gasteiger partial charge in [0.25, 0.3) is 5.91 Å². The SMILES string of the molecule is CCN(Cc1ccc(OC)c(OC)c1)C(=O)c1cc(-c2ccc(C)cc2)no1. The van der Waals surface area contributed by atoms with Crippen molar-refractivity contribution in [2.45, 2.75) is 20.4 Å². The highest BCUT2D eigenvalue weighted by Crippen LogP contribution is 2.28. The Balaban J connectivity index is 1.78. The van der Waals surface area contributed by atoms with E-state index in [2.05, 4.69) is 5.16 Å². The van der Waals surface area contributed by atoms with Crippen LogP contribution in [-0.2, 0) is 6.54 Å². The first-order valence-corrected chi connectivity index (χ1v) is 9.09. The van der Waals surface area contributed by atoms with E-state index in [4.69, 9.17) is 14.0 Å². The van der Waals surface area contributed by atoms with Gasteiger partial charge in [0.05, 0.1) is 14.2 Å². The number of hydrogen-bond acceptors (Lipinski definition) is 5. The number of aryl methyl sites for hydroxylation is 1. The molecular weight excluding hydrogens is 356 g/mol. The molecule has 0 atom stereocenters. The Labute approximate surface area is 164 Å². The number of rotatable bonds is 7. The molecule has 3 rings (SSSR count). The van der Waals surface area contributed by atoms with Crippen molar-refractivity contribution in [2.24, 2.45) is 0 Å². The van der Waals surface area contributed by atoms with Crippen LogP contribution in [0.2, 0.25) is 0 Å². The second-order valence-electron chi connectivity index (χ2n) is 6.45. The van der Waals surface area contributed by atoms with Crippen molar-refractivity contribution in [3.63, 3.8) is 0 Å². The van der Waals surface area contributed by atoms with Gasteiger partial charge in [-0.3, -0.25) is 4.79 Å². The lowest BCUT2D eigenvalue weighted by molar-refractivity contribution is 0.0710. The van der Waals surface area contributed by atoms with Crippen LogP contribution in [0.3, 0.4) is 0 Å². The molecule has 0 radical (unpaired) electrons. The second-order valence-corrected chi connectivity index (χ2v) is 6.45. The maximum atomic E-state index is 12.9. The molecule has 0 aliphatic rings. The minimum absolute atomic E-state index is 0.205. The zero-order valence-corrected chi connectivity index (χ0v) is 16.6. The molecule has 0 saturated heterocycles. The first kappa shape index (κ1) is 19.5. The average Bonchev–Trinajstić information content (AvgIpc) is 3.22. The highest BCUT2D eigenvalue weighted by Gasteiger charge is 2.20. The third-order valence-corrected chi connectivity index (χ3v) is 4.56. The molecule has 146 valence electrons. The van der Waals surface area contributed by atoms with Crippen molar-refractivity contribution < 1.29 is 18.8 Å². The van der Waals surface area contributed by atoms with Crippen LogP contribution >= 0.6 is 0 Å². The van der Waals surface area contributed by atoms with Gasteiger partial charge in [0.2, 0.25) is 5.76 Å². The molecule has 1 heterocycles. The number of methoxy groups -OCH3 is 2. The Morgan fingerprint density at radius 2 is 1.75 bits per heavy atom. The molecule has 0 aliphatic carbocycles. The lowest BCUT2D eigenvalue weighted by Crippen LogP contribution is -2.30. The topological polar surface area (TPSA) is 64.8 Å². The van der Waals surface area contributed by atoms with Gasteiger partial charge in [0, 0.05) is 24.7 Å². The minimum atomic E-state index is -0.205. The summed E-state index contributed by atoms with van der Waals surface area (Å²) >= 11 is 0.